The van der Waals surface area contributed by atoms with E-state index in [0.29, 0.717) is 18.4 Å². The molecule has 0 saturated heterocycles. The standard InChI is InChI=1S/C21H27O/c1-17(2)15-19-11-13-20(14-12-19)18(3)16-22-21-9-7-5-4-6-8-10-21/h4-7,9-14,17-18H,8,15-16H2,1-3H3/q-1/t18-/m0/s1. The van der Waals surface area contributed by atoms with Crippen molar-refractivity contribution < 1.29 is 4.74 Å². The van der Waals surface area contributed by atoms with Crippen LogP contribution in [0.3, 0.4) is 0 Å². The van der Waals surface area contributed by atoms with Gasteiger partial charge in [0.25, 0.3) is 0 Å². The van der Waals surface area contributed by atoms with Crippen molar-refractivity contribution in [2.24, 2.45) is 5.92 Å². The van der Waals surface area contributed by atoms with Gasteiger partial charge in [-0.1, -0.05) is 57.5 Å². The first-order valence-corrected chi connectivity index (χ1v) is 8.23. The van der Waals surface area contributed by atoms with Crippen molar-refractivity contribution in [3.63, 3.8) is 0 Å². The van der Waals surface area contributed by atoms with Crippen LogP contribution in [0.1, 0.15) is 44.2 Å². The molecule has 22 heavy (non-hydrogen) atoms. The van der Waals surface area contributed by atoms with Crippen molar-refractivity contribution in [3.05, 3.63) is 78.0 Å². The Balaban J connectivity index is 1.88. The SMILES string of the molecule is CC(C)Cc1ccc([C@@H](C)COC2=CCC=C[CH-]C=C2)cc1. The summed E-state index contributed by atoms with van der Waals surface area (Å²) in [4.78, 5) is 0. The summed E-state index contributed by atoms with van der Waals surface area (Å²) in [6.07, 6.45) is 14.5. The highest BCUT2D eigenvalue weighted by atomic mass is 16.5. The minimum absolute atomic E-state index is 0.396. The van der Waals surface area contributed by atoms with E-state index in [0.717, 1.165) is 18.6 Å². The van der Waals surface area contributed by atoms with Crippen LogP contribution in [0.5, 0.6) is 0 Å². The van der Waals surface area contributed by atoms with E-state index in [4.69, 9.17) is 4.74 Å². The fourth-order valence-corrected chi connectivity index (χ4v) is 2.50. The second-order valence-electron chi connectivity index (χ2n) is 6.37. The van der Waals surface area contributed by atoms with Crippen molar-refractivity contribution in [3.8, 4) is 0 Å². The molecule has 118 valence electrons. The molecule has 0 radical (unpaired) electrons. The molecule has 0 spiro atoms. The van der Waals surface area contributed by atoms with Gasteiger partial charge < -0.3 is 4.74 Å². The predicted molar refractivity (Wildman–Crippen MR) is 94.6 cm³/mol. The lowest BCUT2D eigenvalue weighted by Crippen LogP contribution is -2.04. The molecule has 0 N–H and O–H groups in total. The number of rotatable bonds is 6. The third-order valence-corrected chi connectivity index (χ3v) is 3.77. The van der Waals surface area contributed by atoms with E-state index < -0.39 is 0 Å². The third kappa shape index (κ3) is 5.48. The summed E-state index contributed by atoms with van der Waals surface area (Å²) in [7, 11) is 0. The van der Waals surface area contributed by atoms with Crippen molar-refractivity contribution in [2.45, 2.75) is 39.5 Å². The molecular formula is C21H27O-. The first-order chi connectivity index (χ1) is 10.6. The molecule has 0 unspecified atom stereocenters. The molecule has 1 nitrogen and oxygen atoms in total. The minimum Gasteiger partial charge on any atom is -0.506 e. The Bertz CT molecular complexity index is 532. The summed E-state index contributed by atoms with van der Waals surface area (Å²) in [6, 6.07) is 8.98. The van der Waals surface area contributed by atoms with E-state index in [1.165, 1.54) is 11.1 Å². The maximum Gasteiger partial charge on any atom is 0.0931 e. The van der Waals surface area contributed by atoms with Gasteiger partial charge >= 0.3 is 0 Å². The Morgan fingerprint density at radius 2 is 1.86 bits per heavy atom. The van der Waals surface area contributed by atoms with Crippen molar-refractivity contribution in [1.82, 2.24) is 0 Å². The van der Waals surface area contributed by atoms with Gasteiger partial charge in [0.05, 0.1) is 12.4 Å². The molecule has 1 aromatic rings. The highest BCUT2D eigenvalue weighted by molar-refractivity contribution is 5.26. The van der Waals surface area contributed by atoms with Gasteiger partial charge in [0.1, 0.15) is 0 Å². The van der Waals surface area contributed by atoms with Crippen LogP contribution in [-0.2, 0) is 11.2 Å². The molecule has 0 heterocycles. The Hall–Kier alpha value is -1.89. The Kier molecular flexibility index (Phi) is 6.39. The zero-order chi connectivity index (χ0) is 15.8. The van der Waals surface area contributed by atoms with E-state index in [9.17, 15) is 0 Å². The van der Waals surface area contributed by atoms with Crippen LogP contribution in [0.25, 0.3) is 0 Å². The lowest BCUT2D eigenvalue weighted by atomic mass is 9.97. The highest BCUT2D eigenvalue weighted by Gasteiger charge is 2.07. The molecule has 1 aliphatic carbocycles. The Labute approximate surface area is 135 Å². The number of allylic oxidation sites excluding steroid dienone is 5. The third-order valence-electron chi connectivity index (χ3n) is 3.77. The fraction of sp³-hybridized carbons (Fsp3) is 0.381. The van der Waals surface area contributed by atoms with Gasteiger partial charge in [-0.3, -0.25) is 0 Å². The zero-order valence-corrected chi connectivity index (χ0v) is 14.0. The summed E-state index contributed by atoms with van der Waals surface area (Å²) < 4.78 is 5.95. The van der Waals surface area contributed by atoms with Crippen LogP contribution in [0.2, 0.25) is 0 Å². The Morgan fingerprint density at radius 1 is 1.09 bits per heavy atom. The lowest BCUT2D eigenvalue weighted by molar-refractivity contribution is 0.208. The van der Waals surface area contributed by atoms with Crippen molar-refractivity contribution >= 4 is 0 Å². The minimum atomic E-state index is 0.396. The molecule has 0 amide bonds. The van der Waals surface area contributed by atoms with Gasteiger partial charge in [-0.2, -0.15) is 24.6 Å². The molecular weight excluding hydrogens is 268 g/mol. The van der Waals surface area contributed by atoms with Crippen LogP contribution in [0, 0.1) is 12.3 Å². The fourth-order valence-electron chi connectivity index (χ4n) is 2.50. The number of hydrogen-bond acceptors (Lipinski definition) is 1. The molecule has 0 fully saturated rings. The van der Waals surface area contributed by atoms with Gasteiger partial charge in [0.15, 0.2) is 0 Å². The molecule has 1 aliphatic rings. The number of ether oxygens (including phenoxy) is 1. The highest BCUT2D eigenvalue weighted by Crippen LogP contribution is 2.19. The van der Waals surface area contributed by atoms with E-state index in [1.807, 2.05) is 18.6 Å². The topological polar surface area (TPSA) is 9.23 Å². The maximum atomic E-state index is 5.95. The molecule has 0 bridgehead atoms. The van der Waals surface area contributed by atoms with E-state index in [1.54, 1.807) is 0 Å². The molecule has 0 aliphatic heterocycles. The van der Waals surface area contributed by atoms with Gasteiger partial charge in [-0.05, 0) is 23.5 Å². The van der Waals surface area contributed by atoms with Crippen molar-refractivity contribution in [1.29, 1.82) is 0 Å². The summed E-state index contributed by atoms with van der Waals surface area (Å²) in [5, 5.41) is 0. The quantitative estimate of drug-likeness (QED) is 0.620. The zero-order valence-electron chi connectivity index (χ0n) is 14.0. The number of hydrogen-bond donors (Lipinski definition) is 0. The average Bonchev–Trinajstić information content (AvgIpc) is 2.46. The van der Waals surface area contributed by atoms with Crippen LogP contribution in [0.4, 0.5) is 0 Å². The van der Waals surface area contributed by atoms with Crippen molar-refractivity contribution in [2.75, 3.05) is 6.61 Å². The smallest absolute Gasteiger partial charge is 0.0931 e. The summed E-state index contributed by atoms with van der Waals surface area (Å²) >= 11 is 0. The van der Waals surface area contributed by atoms with Crippen LogP contribution >= 0.6 is 0 Å². The van der Waals surface area contributed by atoms with Crippen LogP contribution in [0.15, 0.2) is 60.4 Å². The molecule has 1 atom stereocenters. The lowest BCUT2D eigenvalue weighted by Gasteiger charge is -2.17. The summed E-state index contributed by atoms with van der Waals surface area (Å²) in [5.74, 6) is 2.06. The first kappa shape index (κ1) is 16.5. The van der Waals surface area contributed by atoms with Gasteiger partial charge in [-0.25, -0.2) is 0 Å². The second kappa shape index (κ2) is 8.53. The molecule has 0 aromatic heterocycles. The van der Waals surface area contributed by atoms with Gasteiger partial charge in [-0.15, -0.1) is 6.08 Å². The largest absolute Gasteiger partial charge is 0.506 e. The normalized spacial score (nSPS) is 15.7. The van der Waals surface area contributed by atoms with Gasteiger partial charge in [0, 0.05) is 5.92 Å². The second-order valence-corrected chi connectivity index (χ2v) is 6.37. The monoisotopic (exact) mass is 295 g/mol. The molecule has 1 aromatic carbocycles. The summed E-state index contributed by atoms with van der Waals surface area (Å²) in [5.41, 5.74) is 2.76. The molecule has 1 heteroatoms. The summed E-state index contributed by atoms with van der Waals surface area (Å²) in [6.45, 7) is 7.44. The van der Waals surface area contributed by atoms with E-state index in [2.05, 4.69) is 63.3 Å². The van der Waals surface area contributed by atoms with Gasteiger partial charge in [0.2, 0.25) is 0 Å². The molecule has 2 rings (SSSR count). The predicted octanol–water partition coefficient (Wildman–Crippen LogP) is 5.61. The first-order valence-electron chi connectivity index (χ1n) is 8.23. The van der Waals surface area contributed by atoms with Crippen LogP contribution in [-0.4, -0.2) is 6.61 Å². The van der Waals surface area contributed by atoms with Crippen LogP contribution < -0.4 is 0 Å². The Morgan fingerprint density at radius 3 is 2.59 bits per heavy atom. The van der Waals surface area contributed by atoms with E-state index >= 15 is 0 Å². The average molecular weight is 295 g/mol. The van der Waals surface area contributed by atoms with E-state index in [-0.39, 0.29) is 0 Å². The molecule has 0 saturated carbocycles. The maximum absolute atomic E-state index is 5.95. The number of benzene rings is 1.